The number of nitrogens with one attached hydrogen (secondary N) is 1. The van der Waals surface area contributed by atoms with Gasteiger partial charge in [-0.2, -0.15) is 5.10 Å². The molecule has 90 valence electrons. The van der Waals surface area contributed by atoms with Gasteiger partial charge in [0.1, 0.15) is 0 Å². The third-order valence-corrected chi connectivity index (χ3v) is 3.63. The highest BCUT2D eigenvalue weighted by Gasteiger charge is 2.07. The molecule has 0 bridgehead atoms. The Hall–Kier alpha value is -0.840. The van der Waals surface area contributed by atoms with Crippen LogP contribution >= 0.6 is 15.9 Å². The lowest BCUT2D eigenvalue weighted by molar-refractivity contribution is -0.120. The quantitative estimate of drug-likeness (QED) is 0.844. The first-order chi connectivity index (χ1) is 7.56. The monoisotopic (exact) mass is 287 g/mol. The summed E-state index contributed by atoms with van der Waals surface area (Å²) in [5.74, 6) is 0.106. The van der Waals surface area contributed by atoms with Gasteiger partial charge >= 0.3 is 0 Å². The van der Waals surface area contributed by atoms with E-state index >= 15 is 0 Å². The standard InChI is InChI=1S/C11H18BrN3O/c1-4-10(16)13-6-5-7-15-9(3)11(12)8(2)14-15/h4-7H2,1-3H3,(H,13,16). The minimum Gasteiger partial charge on any atom is -0.356 e. The zero-order chi connectivity index (χ0) is 12.1. The Morgan fingerprint density at radius 2 is 2.19 bits per heavy atom. The number of amides is 1. The second-order valence-electron chi connectivity index (χ2n) is 3.77. The maximum absolute atomic E-state index is 11.0. The van der Waals surface area contributed by atoms with E-state index in [1.165, 1.54) is 0 Å². The number of halogens is 1. The molecule has 1 aromatic heterocycles. The first-order valence-corrected chi connectivity index (χ1v) is 6.31. The molecule has 0 aromatic carbocycles. The van der Waals surface area contributed by atoms with Gasteiger partial charge in [-0.05, 0) is 36.2 Å². The molecule has 16 heavy (non-hydrogen) atoms. The predicted octanol–water partition coefficient (Wildman–Crippen LogP) is 2.18. The van der Waals surface area contributed by atoms with Gasteiger partial charge in [0.05, 0.1) is 10.2 Å². The molecule has 0 aliphatic carbocycles. The lowest BCUT2D eigenvalue weighted by Crippen LogP contribution is -2.24. The van der Waals surface area contributed by atoms with Gasteiger partial charge in [0, 0.05) is 25.2 Å². The Bertz CT molecular complexity index is 374. The van der Waals surface area contributed by atoms with E-state index in [1.54, 1.807) is 0 Å². The van der Waals surface area contributed by atoms with Gasteiger partial charge in [-0.25, -0.2) is 0 Å². The van der Waals surface area contributed by atoms with Crippen LogP contribution < -0.4 is 5.32 Å². The Kier molecular flexibility index (Phi) is 4.99. The Morgan fingerprint density at radius 3 is 2.69 bits per heavy atom. The first-order valence-electron chi connectivity index (χ1n) is 5.52. The molecule has 0 spiro atoms. The van der Waals surface area contributed by atoms with Crippen molar-refractivity contribution < 1.29 is 4.79 Å². The van der Waals surface area contributed by atoms with E-state index in [-0.39, 0.29) is 5.91 Å². The van der Waals surface area contributed by atoms with Crippen LogP contribution in [0.25, 0.3) is 0 Å². The highest BCUT2D eigenvalue weighted by molar-refractivity contribution is 9.10. The number of carbonyl (C=O) groups excluding carboxylic acids is 1. The number of nitrogens with zero attached hydrogens (tertiary/aromatic N) is 2. The average Bonchev–Trinajstić information content (AvgIpc) is 2.52. The molecular weight excluding hydrogens is 270 g/mol. The predicted molar refractivity (Wildman–Crippen MR) is 67.3 cm³/mol. The summed E-state index contributed by atoms with van der Waals surface area (Å²) in [6.07, 6.45) is 1.45. The van der Waals surface area contributed by atoms with Gasteiger partial charge in [0.25, 0.3) is 0 Å². The summed E-state index contributed by atoms with van der Waals surface area (Å²) in [5, 5.41) is 7.26. The molecule has 1 heterocycles. The van der Waals surface area contributed by atoms with Crippen molar-refractivity contribution in [3.8, 4) is 0 Å². The topological polar surface area (TPSA) is 46.9 Å². The lowest BCUT2D eigenvalue weighted by Gasteiger charge is -2.05. The van der Waals surface area contributed by atoms with E-state index in [2.05, 4.69) is 26.3 Å². The van der Waals surface area contributed by atoms with Crippen molar-refractivity contribution in [2.45, 2.75) is 40.2 Å². The van der Waals surface area contributed by atoms with Crippen LogP contribution in [0.1, 0.15) is 31.2 Å². The van der Waals surface area contributed by atoms with E-state index < -0.39 is 0 Å². The van der Waals surface area contributed by atoms with Gasteiger partial charge in [-0.15, -0.1) is 0 Å². The second-order valence-corrected chi connectivity index (χ2v) is 4.56. The van der Waals surface area contributed by atoms with Crippen molar-refractivity contribution in [1.82, 2.24) is 15.1 Å². The number of aromatic nitrogens is 2. The number of carbonyl (C=O) groups is 1. The molecule has 0 atom stereocenters. The van der Waals surface area contributed by atoms with E-state index in [0.29, 0.717) is 13.0 Å². The molecule has 0 radical (unpaired) electrons. The van der Waals surface area contributed by atoms with Crippen molar-refractivity contribution in [2.75, 3.05) is 6.54 Å². The van der Waals surface area contributed by atoms with Gasteiger partial charge in [0.15, 0.2) is 0 Å². The largest absolute Gasteiger partial charge is 0.356 e. The highest BCUT2D eigenvalue weighted by Crippen LogP contribution is 2.19. The fourth-order valence-corrected chi connectivity index (χ4v) is 1.76. The first kappa shape index (κ1) is 13.2. The van der Waals surface area contributed by atoms with Crippen LogP contribution in [0.2, 0.25) is 0 Å². The van der Waals surface area contributed by atoms with Crippen LogP contribution in [0.15, 0.2) is 4.47 Å². The number of hydrogen-bond donors (Lipinski definition) is 1. The third kappa shape index (κ3) is 3.33. The maximum Gasteiger partial charge on any atom is 0.219 e. The van der Waals surface area contributed by atoms with Crippen LogP contribution in [0.3, 0.4) is 0 Å². The average molecular weight is 288 g/mol. The fourth-order valence-electron chi connectivity index (χ4n) is 1.47. The summed E-state index contributed by atoms with van der Waals surface area (Å²) in [7, 11) is 0. The highest BCUT2D eigenvalue weighted by atomic mass is 79.9. The number of rotatable bonds is 5. The Morgan fingerprint density at radius 1 is 1.50 bits per heavy atom. The van der Waals surface area contributed by atoms with Crippen molar-refractivity contribution in [3.05, 3.63) is 15.9 Å². The maximum atomic E-state index is 11.0. The molecule has 0 saturated heterocycles. The van der Waals surface area contributed by atoms with Crippen molar-refractivity contribution in [1.29, 1.82) is 0 Å². The van der Waals surface area contributed by atoms with Crippen LogP contribution in [0.5, 0.6) is 0 Å². The van der Waals surface area contributed by atoms with Crippen molar-refractivity contribution in [2.24, 2.45) is 0 Å². The molecule has 1 aromatic rings. The minimum absolute atomic E-state index is 0.106. The Labute approximate surface area is 105 Å². The van der Waals surface area contributed by atoms with Gasteiger partial charge in [-0.1, -0.05) is 6.92 Å². The summed E-state index contributed by atoms with van der Waals surface area (Å²) in [6.45, 7) is 7.42. The van der Waals surface area contributed by atoms with Gasteiger partial charge < -0.3 is 5.32 Å². The smallest absolute Gasteiger partial charge is 0.219 e. The molecule has 1 N–H and O–H groups in total. The van der Waals surface area contributed by atoms with Crippen molar-refractivity contribution >= 4 is 21.8 Å². The van der Waals surface area contributed by atoms with Crippen LogP contribution in [0.4, 0.5) is 0 Å². The zero-order valence-electron chi connectivity index (χ0n) is 10.0. The van der Waals surface area contributed by atoms with E-state index in [0.717, 1.165) is 28.8 Å². The molecule has 1 rings (SSSR count). The number of hydrogen-bond acceptors (Lipinski definition) is 2. The molecule has 0 aliphatic heterocycles. The molecule has 0 fully saturated rings. The van der Waals surface area contributed by atoms with E-state index in [9.17, 15) is 4.79 Å². The Balaban J connectivity index is 2.38. The zero-order valence-corrected chi connectivity index (χ0v) is 11.6. The third-order valence-electron chi connectivity index (χ3n) is 2.48. The van der Waals surface area contributed by atoms with Gasteiger partial charge in [-0.3, -0.25) is 9.48 Å². The van der Waals surface area contributed by atoms with E-state index in [1.807, 2.05) is 25.5 Å². The molecule has 0 saturated carbocycles. The SMILES string of the molecule is CCC(=O)NCCCn1nc(C)c(Br)c1C. The van der Waals surface area contributed by atoms with Crippen LogP contribution in [0, 0.1) is 13.8 Å². The van der Waals surface area contributed by atoms with Crippen LogP contribution in [-0.4, -0.2) is 22.2 Å². The molecular formula is C11H18BrN3O. The summed E-state index contributed by atoms with van der Waals surface area (Å²) in [5.41, 5.74) is 2.15. The molecule has 1 amide bonds. The van der Waals surface area contributed by atoms with E-state index in [4.69, 9.17) is 0 Å². The van der Waals surface area contributed by atoms with Gasteiger partial charge in [0.2, 0.25) is 5.91 Å². The molecule has 5 heteroatoms. The summed E-state index contributed by atoms with van der Waals surface area (Å²) in [6, 6.07) is 0. The van der Waals surface area contributed by atoms with Crippen molar-refractivity contribution in [3.63, 3.8) is 0 Å². The lowest BCUT2D eigenvalue weighted by atomic mass is 10.3. The summed E-state index contributed by atoms with van der Waals surface area (Å²) < 4.78 is 3.04. The number of aryl methyl sites for hydroxylation is 2. The molecule has 0 unspecified atom stereocenters. The molecule has 0 aliphatic rings. The minimum atomic E-state index is 0.106. The normalized spacial score (nSPS) is 10.5. The summed E-state index contributed by atoms with van der Waals surface area (Å²) in [4.78, 5) is 11.0. The van der Waals surface area contributed by atoms with Crippen LogP contribution in [-0.2, 0) is 11.3 Å². The molecule has 4 nitrogen and oxygen atoms in total. The fraction of sp³-hybridized carbons (Fsp3) is 0.636. The second kappa shape index (κ2) is 6.03. The summed E-state index contributed by atoms with van der Waals surface area (Å²) >= 11 is 3.49.